The summed E-state index contributed by atoms with van der Waals surface area (Å²) in [5.74, 6) is 0.861. The molecule has 0 saturated carbocycles. The van der Waals surface area contributed by atoms with Crippen LogP contribution < -0.4 is 0 Å². The fourth-order valence-electron chi connectivity index (χ4n) is 10.8. The molecule has 3 N–H and O–H groups in total. The molecule has 0 heterocycles. The second kappa shape index (κ2) is 61.6. The van der Waals surface area contributed by atoms with Crippen molar-refractivity contribution in [2.75, 3.05) is 39.6 Å². The first-order valence-electron chi connectivity index (χ1n) is 37.2. The average Bonchev–Trinajstić information content (AvgIpc) is 3.41. The van der Waals surface area contributed by atoms with Crippen molar-refractivity contribution < 1.29 is 80.2 Å². The molecule has 0 aromatic heterocycles. The Hall–Kier alpha value is -1.94. The van der Waals surface area contributed by atoms with Gasteiger partial charge in [0.15, 0.2) is 12.2 Å². The summed E-state index contributed by atoms with van der Waals surface area (Å²) in [6.07, 6.45) is 44.6. The molecule has 0 radical (unpaired) electrons. The Balaban J connectivity index is 5.21. The third kappa shape index (κ3) is 65.1. The van der Waals surface area contributed by atoms with Crippen LogP contribution in [0.5, 0.6) is 0 Å². The van der Waals surface area contributed by atoms with E-state index in [1.165, 1.54) is 148 Å². The second-order valence-corrected chi connectivity index (χ2v) is 30.6. The Labute approximate surface area is 556 Å². The van der Waals surface area contributed by atoms with Gasteiger partial charge in [-0.2, -0.15) is 0 Å². The minimum Gasteiger partial charge on any atom is -0.462 e. The number of carbonyl (C=O) groups excluding carboxylic acids is 4. The monoisotopic (exact) mass is 1340 g/mol. The molecular formula is C72H140O17P2. The maximum absolute atomic E-state index is 13.0. The van der Waals surface area contributed by atoms with Crippen molar-refractivity contribution in [3.8, 4) is 0 Å². The standard InChI is InChI=1S/C72H140O17P2/c1-9-65(8)51-43-35-26-20-17-18-22-28-39-47-55-72(77)89-68(59-83-70(75)53-45-37-31-30-34-42-50-64(6)7)61-87-91(80,81)85-57-66(73)56-84-90(78,79)86-60-67(58-82-69(74)52-44-36-29-23-25-33-41-49-63(4)5)88-71(76)54-46-38-27-21-16-14-12-10-11-13-15-19-24-32-40-48-62(2)3/h62-68,73H,9-61H2,1-8H3,(H,78,79)(H,80,81)/t65?,66-,67-,68-/m1/s1. The molecule has 17 nitrogen and oxygen atoms in total. The van der Waals surface area contributed by atoms with Crippen LogP contribution in [0.25, 0.3) is 0 Å². The molecule has 19 heteroatoms. The predicted molar refractivity (Wildman–Crippen MR) is 367 cm³/mol. The number of hydrogen-bond acceptors (Lipinski definition) is 15. The van der Waals surface area contributed by atoms with Crippen LogP contribution in [-0.2, 0) is 65.4 Å². The van der Waals surface area contributed by atoms with Gasteiger partial charge in [0.1, 0.15) is 19.3 Å². The average molecular weight is 1340 g/mol. The molecule has 0 aliphatic rings. The van der Waals surface area contributed by atoms with Gasteiger partial charge in [0.2, 0.25) is 0 Å². The molecule has 0 spiro atoms. The van der Waals surface area contributed by atoms with Gasteiger partial charge >= 0.3 is 39.5 Å². The minimum absolute atomic E-state index is 0.105. The summed E-state index contributed by atoms with van der Waals surface area (Å²) in [4.78, 5) is 72.6. The maximum Gasteiger partial charge on any atom is 0.472 e. The molecule has 0 fully saturated rings. The van der Waals surface area contributed by atoms with E-state index in [-0.39, 0.29) is 25.7 Å². The van der Waals surface area contributed by atoms with Gasteiger partial charge in [-0.05, 0) is 49.4 Å². The number of esters is 4. The first-order valence-corrected chi connectivity index (χ1v) is 40.2. The molecule has 91 heavy (non-hydrogen) atoms. The molecule has 0 rings (SSSR count). The van der Waals surface area contributed by atoms with Crippen LogP contribution in [0.2, 0.25) is 0 Å². The van der Waals surface area contributed by atoms with Crippen LogP contribution in [0, 0.1) is 23.7 Å². The second-order valence-electron chi connectivity index (χ2n) is 27.6. The van der Waals surface area contributed by atoms with E-state index in [0.29, 0.717) is 37.5 Å². The van der Waals surface area contributed by atoms with Crippen LogP contribution in [0.4, 0.5) is 0 Å². The first kappa shape index (κ1) is 89.1. The summed E-state index contributed by atoms with van der Waals surface area (Å²) in [7, 11) is -9.90. The SMILES string of the molecule is CCC(C)CCCCCCCCCCCCC(=O)O[C@H](COC(=O)CCCCCCCCC(C)C)COP(=O)(O)OC[C@H](O)COP(=O)(O)OC[C@@H](COC(=O)CCCCCCCCCC(C)C)OC(=O)CCCCCCCCCCCCCCCCCC(C)C. The van der Waals surface area contributed by atoms with Crippen molar-refractivity contribution in [1.82, 2.24) is 0 Å². The molecule has 0 aromatic carbocycles. The van der Waals surface area contributed by atoms with Crippen LogP contribution in [0.3, 0.4) is 0 Å². The number of ether oxygens (including phenoxy) is 4. The number of aliphatic hydroxyl groups excluding tert-OH is 1. The zero-order valence-corrected chi connectivity index (χ0v) is 61.3. The number of aliphatic hydroxyl groups is 1. The van der Waals surface area contributed by atoms with Crippen LogP contribution in [0.1, 0.15) is 357 Å². The summed E-state index contributed by atoms with van der Waals surface area (Å²) in [5.41, 5.74) is 0. The lowest BCUT2D eigenvalue weighted by Crippen LogP contribution is -2.30. The lowest BCUT2D eigenvalue weighted by atomic mass is 9.99. The summed E-state index contributed by atoms with van der Waals surface area (Å²) >= 11 is 0. The molecule has 540 valence electrons. The van der Waals surface area contributed by atoms with Crippen LogP contribution in [0.15, 0.2) is 0 Å². The number of hydrogen-bond donors (Lipinski definition) is 3. The fourth-order valence-corrected chi connectivity index (χ4v) is 12.4. The van der Waals surface area contributed by atoms with Gasteiger partial charge < -0.3 is 33.8 Å². The van der Waals surface area contributed by atoms with Crippen molar-refractivity contribution in [2.45, 2.75) is 375 Å². The molecule has 0 bridgehead atoms. The van der Waals surface area contributed by atoms with Gasteiger partial charge in [-0.25, -0.2) is 9.13 Å². The number of carbonyl (C=O) groups is 4. The van der Waals surface area contributed by atoms with Crippen LogP contribution in [-0.4, -0.2) is 96.7 Å². The van der Waals surface area contributed by atoms with Crippen molar-refractivity contribution >= 4 is 39.5 Å². The van der Waals surface area contributed by atoms with E-state index < -0.39 is 97.5 Å². The first-order chi connectivity index (χ1) is 43.6. The van der Waals surface area contributed by atoms with Gasteiger partial charge in [0.05, 0.1) is 26.4 Å². The Morgan fingerprint density at radius 2 is 0.527 bits per heavy atom. The highest BCUT2D eigenvalue weighted by Gasteiger charge is 2.30. The van der Waals surface area contributed by atoms with E-state index in [2.05, 4.69) is 55.4 Å². The number of phosphoric acid groups is 2. The lowest BCUT2D eigenvalue weighted by Gasteiger charge is -2.21. The zero-order valence-electron chi connectivity index (χ0n) is 59.5. The van der Waals surface area contributed by atoms with E-state index in [1.54, 1.807) is 0 Å². The lowest BCUT2D eigenvalue weighted by molar-refractivity contribution is -0.161. The zero-order chi connectivity index (χ0) is 67.5. The van der Waals surface area contributed by atoms with E-state index in [0.717, 1.165) is 115 Å². The van der Waals surface area contributed by atoms with Gasteiger partial charge in [-0.3, -0.25) is 37.3 Å². The Morgan fingerprint density at radius 1 is 0.308 bits per heavy atom. The maximum atomic E-state index is 13.0. The molecule has 0 aliphatic heterocycles. The third-order valence-electron chi connectivity index (χ3n) is 16.9. The van der Waals surface area contributed by atoms with E-state index >= 15 is 0 Å². The topological polar surface area (TPSA) is 237 Å². The van der Waals surface area contributed by atoms with E-state index in [9.17, 15) is 43.2 Å². The Bertz CT molecular complexity index is 1800. The van der Waals surface area contributed by atoms with E-state index in [1.807, 2.05) is 0 Å². The molecule has 6 atom stereocenters. The fraction of sp³-hybridized carbons (Fsp3) is 0.944. The molecule has 0 aliphatic carbocycles. The van der Waals surface area contributed by atoms with E-state index in [4.69, 9.17) is 37.0 Å². The highest BCUT2D eigenvalue weighted by molar-refractivity contribution is 7.47. The van der Waals surface area contributed by atoms with Gasteiger partial charge in [-0.15, -0.1) is 0 Å². The summed E-state index contributed by atoms with van der Waals surface area (Å²) in [6.45, 7) is 14.1. The molecule has 3 unspecified atom stereocenters. The largest absolute Gasteiger partial charge is 0.472 e. The van der Waals surface area contributed by atoms with Gasteiger partial charge in [-0.1, -0.05) is 306 Å². The minimum atomic E-state index is -4.95. The molecule has 0 aromatic rings. The molecular weight excluding hydrogens is 1200 g/mol. The van der Waals surface area contributed by atoms with Crippen molar-refractivity contribution in [3.63, 3.8) is 0 Å². The highest BCUT2D eigenvalue weighted by Crippen LogP contribution is 2.45. The van der Waals surface area contributed by atoms with Crippen molar-refractivity contribution in [1.29, 1.82) is 0 Å². The smallest absolute Gasteiger partial charge is 0.462 e. The van der Waals surface area contributed by atoms with Gasteiger partial charge in [0.25, 0.3) is 0 Å². The Kier molecular flexibility index (Phi) is 60.3. The molecule has 0 saturated heterocycles. The normalized spacial score (nSPS) is 14.5. The number of rotatable bonds is 69. The molecule has 0 amide bonds. The Morgan fingerprint density at radius 3 is 0.780 bits per heavy atom. The number of phosphoric ester groups is 2. The van der Waals surface area contributed by atoms with Crippen molar-refractivity contribution in [2.24, 2.45) is 23.7 Å². The predicted octanol–water partition coefficient (Wildman–Crippen LogP) is 20.5. The number of unbranched alkanes of at least 4 members (excludes halogenated alkanes) is 34. The van der Waals surface area contributed by atoms with Crippen LogP contribution >= 0.6 is 15.6 Å². The highest BCUT2D eigenvalue weighted by atomic mass is 31.2. The summed E-state index contributed by atoms with van der Waals surface area (Å²) in [5, 5.41) is 10.6. The quantitative estimate of drug-likeness (QED) is 0.0222. The summed E-state index contributed by atoms with van der Waals surface area (Å²) in [6, 6.07) is 0. The van der Waals surface area contributed by atoms with Crippen molar-refractivity contribution in [3.05, 3.63) is 0 Å². The summed E-state index contributed by atoms with van der Waals surface area (Å²) < 4.78 is 68.3. The van der Waals surface area contributed by atoms with Gasteiger partial charge in [0, 0.05) is 25.7 Å². The third-order valence-corrected chi connectivity index (χ3v) is 18.8.